The zero-order chi connectivity index (χ0) is 30.3. The molecule has 3 aromatic carbocycles. The van der Waals surface area contributed by atoms with Gasteiger partial charge in [0.25, 0.3) is 5.91 Å². The van der Waals surface area contributed by atoms with Crippen LogP contribution >= 0.6 is 11.8 Å². The topological polar surface area (TPSA) is 109 Å². The molecule has 220 valence electrons. The van der Waals surface area contributed by atoms with Gasteiger partial charge in [-0.15, -0.1) is 10.2 Å². The van der Waals surface area contributed by atoms with Crippen LogP contribution in [0.1, 0.15) is 31.9 Å². The maximum absolute atomic E-state index is 12.8. The van der Waals surface area contributed by atoms with Crippen molar-refractivity contribution in [2.45, 2.75) is 31.3 Å². The largest absolute Gasteiger partial charge is 0.497 e. The van der Waals surface area contributed by atoms with Crippen molar-refractivity contribution in [3.05, 3.63) is 71.8 Å². The summed E-state index contributed by atoms with van der Waals surface area (Å²) in [6, 6.07) is 19.3. The predicted molar refractivity (Wildman–Crippen MR) is 165 cm³/mol. The van der Waals surface area contributed by atoms with Gasteiger partial charge in [-0.2, -0.15) is 5.10 Å². The van der Waals surface area contributed by atoms with Crippen LogP contribution < -0.4 is 24.4 Å². The molecule has 1 heterocycles. The third kappa shape index (κ3) is 7.03. The van der Waals surface area contributed by atoms with Gasteiger partial charge in [0.05, 0.1) is 46.0 Å². The molecule has 1 amide bonds. The summed E-state index contributed by atoms with van der Waals surface area (Å²) in [4.78, 5) is 12.8. The number of hydrazone groups is 1. The Hall–Kier alpha value is -4.51. The summed E-state index contributed by atoms with van der Waals surface area (Å²) in [7, 11) is 6.25. The molecule has 0 unspecified atom stereocenters. The second-order valence-corrected chi connectivity index (χ2v) is 11.1. The maximum Gasteiger partial charge on any atom is 0.250 e. The van der Waals surface area contributed by atoms with Crippen LogP contribution in [0.5, 0.6) is 23.0 Å². The van der Waals surface area contributed by atoms with Crippen molar-refractivity contribution >= 4 is 23.9 Å². The molecule has 4 rings (SSSR count). The highest BCUT2D eigenvalue weighted by Crippen LogP contribution is 2.33. The van der Waals surface area contributed by atoms with E-state index in [2.05, 4.69) is 53.6 Å². The minimum absolute atomic E-state index is 0.0304. The minimum atomic E-state index is -0.317. The normalized spacial score (nSPS) is 11.4. The second-order valence-electron chi connectivity index (χ2n) is 10.2. The van der Waals surface area contributed by atoms with Crippen LogP contribution in [0.25, 0.3) is 17.1 Å². The Morgan fingerprint density at radius 2 is 1.50 bits per heavy atom. The van der Waals surface area contributed by atoms with Gasteiger partial charge in [-0.25, -0.2) is 5.43 Å². The summed E-state index contributed by atoms with van der Waals surface area (Å²) in [5.41, 5.74) is 6.13. The molecule has 42 heavy (non-hydrogen) atoms. The number of benzene rings is 3. The second kappa shape index (κ2) is 13.4. The van der Waals surface area contributed by atoms with Crippen molar-refractivity contribution in [1.82, 2.24) is 20.2 Å². The van der Waals surface area contributed by atoms with Gasteiger partial charge in [-0.3, -0.25) is 9.36 Å². The third-order valence-electron chi connectivity index (χ3n) is 6.44. The molecule has 1 N–H and O–H groups in total. The maximum atomic E-state index is 12.8. The number of rotatable bonds is 11. The van der Waals surface area contributed by atoms with Crippen molar-refractivity contribution in [2.24, 2.45) is 5.10 Å². The van der Waals surface area contributed by atoms with E-state index in [1.807, 2.05) is 41.0 Å². The Labute approximate surface area is 250 Å². The Bertz CT molecular complexity index is 1520. The Kier molecular flexibility index (Phi) is 9.74. The first kappa shape index (κ1) is 30.4. The summed E-state index contributed by atoms with van der Waals surface area (Å²) >= 11 is 1.26. The number of carbonyl (C=O) groups excluding carboxylic acids is 1. The number of carbonyl (C=O) groups is 1. The molecule has 0 aliphatic carbocycles. The minimum Gasteiger partial charge on any atom is -0.497 e. The first-order chi connectivity index (χ1) is 20.2. The quantitative estimate of drug-likeness (QED) is 0.139. The summed E-state index contributed by atoms with van der Waals surface area (Å²) in [5.74, 6) is 2.71. The van der Waals surface area contributed by atoms with E-state index in [1.165, 1.54) is 37.8 Å². The number of nitrogens with zero attached hydrogens (tertiary/aromatic N) is 4. The standard InChI is InChI=1S/C31H35N5O5S/c1-31(2,3)21-10-8-20(9-11-21)29-34-35-30(36(29)22-12-14-23(38-4)15-13-22)42-19-28(37)33-32-18-25-26(40-6)16-24(39-5)17-27(25)41-7/h8-18H,19H2,1-7H3,(H,33,37)/b32-18-. The summed E-state index contributed by atoms with van der Waals surface area (Å²) in [6.45, 7) is 6.53. The number of thioether (sulfide) groups is 1. The summed E-state index contributed by atoms with van der Waals surface area (Å²) < 4.78 is 23.4. The number of methoxy groups -OCH3 is 4. The Balaban J connectivity index is 1.55. The fourth-order valence-electron chi connectivity index (χ4n) is 4.12. The lowest BCUT2D eigenvalue weighted by Gasteiger charge is -2.19. The van der Waals surface area contributed by atoms with Crippen LogP contribution in [-0.2, 0) is 10.2 Å². The fraction of sp³-hybridized carbons (Fsp3) is 0.290. The Morgan fingerprint density at radius 1 is 0.881 bits per heavy atom. The Morgan fingerprint density at radius 3 is 2.05 bits per heavy atom. The molecule has 0 saturated heterocycles. The fourth-order valence-corrected chi connectivity index (χ4v) is 4.87. The smallest absolute Gasteiger partial charge is 0.250 e. The van der Waals surface area contributed by atoms with Crippen molar-refractivity contribution in [2.75, 3.05) is 34.2 Å². The zero-order valence-electron chi connectivity index (χ0n) is 24.8. The lowest BCUT2D eigenvalue weighted by Crippen LogP contribution is -2.20. The van der Waals surface area contributed by atoms with Gasteiger partial charge in [-0.1, -0.05) is 56.8 Å². The van der Waals surface area contributed by atoms with Crippen LogP contribution in [0.2, 0.25) is 0 Å². The number of ether oxygens (including phenoxy) is 4. The molecule has 4 aromatic rings. The molecule has 0 spiro atoms. The van der Waals surface area contributed by atoms with E-state index < -0.39 is 0 Å². The van der Waals surface area contributed by atoms with Crippen LogP contribution in [0.4, 0.5) is 0 Å². The van der Waals surface area contributed by atoms with Gasteiger partial charge in [-0.05, 0) is 35.2 Å². The van der Waals surface area contributed by atoms with Crippen LogP contribution in [0.15, 0.2) is 70.9 Å². The van der Waals surface area contributed by atoms with Crippen LogP contribution in [0.3, 0.4) is 0 Å². The van der Waals surface area contributed by atoms with Crippen LogP contribution in [-0.4, -0.2) is 61.1 Å². The highest BCUT2D eigenvalue weighted by molar-refractivity contribution is 7.99. The van der Waals surface area contributed by atoms with Crippen LogP contribution in [0, 0.1) is 0 Å². The zero-order valence-corrected chi connectivity index (χ0v) is 25.6. The van der Waals surface area contributed by atoms with E-state index in [0.29, 0.717) is 33.8 Å². The van der Waals surface area contributed by atoms with E-state index in [-0.39, 0.29) is 17.1 Å². The molecule has 0 aliphatic heterocycles. The highest BCUT2D eigenvalue weighted by Gasteiger charge is 2.19. The van der Waals surface area contributed by atoms with Crippen molar-refractivity contribution in [3.8, 4) is 40.1 Å². The van der Waals surface area contributed by atoms with Crippen molar-refractivity contribution in [1.29, 1.82) is 0 Å². The summed E-state index contributed by atoms with van der Waals surface area (Å²) in [5, 5.41) is 13.6. The monoisotopic (exact) mass is 589 g/mol. The SMILES string of the molecule is COc1ccc(-n2c(SCC(=O)N/N=C\c3c(OC)cc(OC)cc3OC)nnc2-c2ccc(C(C)(C)C)cc2)cc1. The van der Waals surface area contributed by atoms with Gasteiger partial charge < -0.3 is 18.9 Å². The summed E-state index contributed by atoms with van der Waals surface area (Å²) in [6.07, 6.45) is 1.47. The molecule has 0 aliphatic rings. The highest BCUT2D eigenvalue weighted by atomic mass is 32.2. The molecule has 0 radical (unpaired) electrons. The number of hydrogen-bond donors (Lipinski definition) is 1. The van der Waals surface area contributed by atoms with Gasteiger partial charge in [0, 0.05) is 23.4 Å². The van der Waals surface area contributed by atoms with Gasteiger partial charge in [0.15, 0.2) is 11.0 Å². The first-order valence-electron chi connectivity index (χ1n) is 13.1. The lowest BCUT2D eigenvalue weighted by molar-refractivity contribution is -0.118. The number of nitrogens with one attached hydrogen (secondary N) is 1. The van der Waals surface area contributed by atoms with E-state index in [4.69, 9.17) is 18.9 Å². The first-order valence-corrected chi connectivity index (χ1v) is 14.1. The molecule has 0 bridgehead atoms. The van der Waals surface area contributed by atoms with E-state index >= 15 is 0 Å². The number of amides is 1. The van der Waals surface area contributed by atoms with Gasteiger partial charge >= 0.3 is 0 Å². The molecular formula is C31H35N5O5S. The molecule has 1 aromatic heterocycles. The molecule has 0 saturated carbocycles. The molecule has 0 fully saturated rings. The van der Waals surface area contributed by atoms with Crippen molar-refractivity contribution < 1.29 is 23.7 Å². The van der Waals surface area contributed by atoms with E-state index in [9.17, 15) is 4.79 Å². The molecule has 11 heteroatoms. The van der Waals surface area contributed by atoms with E-state index in [1.54, 1.807) is 26.4 Å². The predicted octanol–water partition coefficient (Wildman–Crippen LogP) is 5.51. The molecule has 10 nitrogen and oxygen atoms in total. The average Bonchev–Trinajstić information content (AvgIpc) is 3.43. The van der Waals surface area contributed by atoms with Gasteiger partial charge in [0.1, 0.15) is 23.0 Å². The third-order valence-corrected chi connectivity index (χ3v) is 7.37. The molecule has 0 atom stereocenters. The van der Waals surface area contributed by atoms with Gasteiger partial charge in [0.2, 0.25) is 0 Å². The average molecular weight is 590 g/mol. The van der Waals surface area contributed by atoms with Crippen molar-refractivity contribution in [3.63, 3.8) is 0 Å². The number of aromatic nitrogens is 3. The molecular weight excluding hydrogens is 554 g/mol. The van der Waals surface area contributed by atoms with E-state index in [0.717, 1.165) is 17.0 Å². The number of hydrogen-bond acceptors (Lipinski definition) is 9. The lowest BCUT2D eigenvalue weighted by atomic mass is 9.87.